The standard InChI is InChI=1S/C32H36N4O6/c1-23-9-12-25(19-30(23)36(39)40)32(38)35(16-6-18-41-2)22-31(37)34(21-24-10-13-27(42-3)14-11-24)17-15-26-20-33-29-8-5-4-7-28(26)29/h4-5,7-14,19-20,33H,6,15-18,21-22H2,1-3H3. The van der Waals surface area contributed by atoms with Gasteiger partial charge < -0.3 is 24.3 Å². The smallest absolute Gasteiger partial charge is 0.273 e. The zero-order chi connectivity index (χ0) is 30.1. The van der Waals surface area contributed by atoms with Crippen molar-refractivity contribution in [2.24, 2.45) is 0 Å². The molecule has 1 N–H and O–H groups in total. The molecule has 0 spiro atoms. The Kier molecular flexibility index (Phi) is 10.3. The summed E-state index contributed by atoms with van der Waals surface area (Å²) in [7, 11) is 3.17. The summed E-state index contributed by atoms with van der Waals surface area (Å²) >= 11 is 0. The molecule has 220 valence electrons. The van der Waals surface area contributed by atoms with Gasteiger partial charge >= 0.3 is 0 Å². The number of fused-ring (bicyclic) bond motifs is 1. The van der Waals surface area contributed by atoms with Crippen LogP contribution in [-0.4, -0.2) is 72.0 Å². The van der Waals surface area contributed by atoms with Crippen molar-refractivity contribution in [2.45, 2.75) is 26.3 Å². The molecule has 3 aromatic carbocycles. The van der Waals surface area contributed by atoms with Crippen molar-refractivity contribution in [3.8, 4) is 5.75 Å². The van der Waals surface area contributed by atoms with Crippen LogP contribution in [0.2, 0.25) is 0 Å². The largest absolute Gasteiger partial charge is 0.497 e. The van der Waals surface area contributed by atoms with E-state index in [1.807, 2.05) is 54.7 Å². The molecule has 1 aromatic heterocycles. The van der Waals surface area contributed by atoms with E-state index in [1.165, 1.54) is 11.0 Å². The van der Waals surface area contributed by atoms with Crippen LogP contribution in [0, 0.1) is 17.0 Å². The van der Waals surface area contributed by atoms with E-state index < -0.39 is 10.8 Å². The molecule has 0 atom stereocenters. The summed E-state index contributed by atoms with van der Waals surface area (Å²) in [4.78, 5) is 44.9. The molecule has 4 aromatic rings. The van der Waals surface area contributed by atoms with Crippen molar-refractivity contribution >= 4 is 28.4 Å². The molecule has 0 aliphatic heterocycles. The van der Waals surface area contributed by atoms with Gasteiger partial charge in [-0.15, -0.1) is 0 Å². The fraction of sp³-hybridized carbons (Fsp3) is 0.312. The third kappa shape index (κ3) is 7.52. The Morgan fingerprint density at radius 3 is 2.45 bits per heavy atom. The Hall–Kier alpha value is -4.70. The minimum Gasteiger partial charge on any atom is -0.497 e. The van der Waals surface area contributed by atoms with Crippen LogP contribution in [0.25, 0.3) is 10.9 Å². The van der Waals surface area contributed by atoms with Gasteiger partial charge in [-0.3, -0.25) is 19.7 Å². The molecular formula is C32H36N4O6. The number of H-pyrrole nitrogens is 1. The maximum absolute atomic E-state index is 13.9. The third-order valence-corrected chi connectivity index (χ3v) is 7.25. The topological polar surface area (TPSA) is 118 Å². The summed E-state index contributed by atoms with van der Waals surface area (Å²) in [5.74, 6) is 0.0548. The van der Waals surface area contributed by atoms with E-state index in [4.69, 9.17) is 9.47 Å². The van der Waals surface area contributed by atoms with Crippen molar-refractivity contribution in [1.82, 2.24) is 14.8 Å². The summed E-state index contributed by atoms with van der Waals surface area (Å²) in [6.07, 6.45) is 3.09. The van der Waals surface area contributed by atoms with E-state index in [0.717, 1.165) is 27.8 Å². The predicted molar refractivity (Wildman–Crippen MR) is 161 cm³/mol. The highest BCUT2D eigenvalue weighted by Crippen LogP contribution is 2.22. The number of hydrogen-bond acceptors (Lipinski definition) is 6. The lowest BCUT2D eigenvalue weighted by atomic mass is 10.1. The number of nitro benzene ring substituents is 1. The van der Waals surface area contributed by atoms with Crippen LogP contribution in [0.1, 0.15) is 33.5 Å². The molecule has 0 radical (unpaired) electrons. The van der Waals surface area contributed by atoms with Crippen LogP contribution in [0.5, 0.6) is 5.75 Å². The number of ether oxygens (including phenoxy) is 2. The number of aryl methyl sites for hydroxylation is 1. The number of carbonyl (C=O) groups is 2. The summed E-state index contributed by atoms with van der Waals surface area (Å²) in [6, 6.07) is 19.9. The normalized spacial score (nSPS) is 10.9. The van der Waals surface area contributed by atoms with Crippen molar-refractivity contribution in [2.75, 3.05) is 40.5 Å². The lowest BCUT2D eigenvalue weighted by molar-refractivity contribution is -0.385. The average molecular weight is 573 g/mol. The van der Waals surface area contributed by atoms with Gasteiger partial charge in [-0.05, 0) is 55.2 Å². The SMILES string of the molecule is COCCCN(CC(=O)N(CCc1c[nH]c2ccccc12)Cc1ccc(OC)cc1)C(=O)c1ccc(C)c([N+](=O)[O-])c1. The number of amides is 2. The molecule has 0 saturated heterocycles. The monoisotopic (exact) mass is 572 g/mol. The number of para-hydroxylation sites is 1. The molecule has 10 nitrogen and oxygen atoms in total. The van der Waals surface area contributed by atoms with Gasteiger partial charge in [-0.25, -0.2) is 0 Å². The second-order valence-electron chi connectivity index (χ2n) is 10.1. The second-order valence-corrected chi connectivity index (χ2v) is 10.1. The first-order chi connectivity index (χ1) is 20.3. The molecule has 0 unspecified atom stereocenters. The highest BCUT2D eigenvalue weighted by molar-refractivity contribution is 5.97. The van der Waals surface area contributed by atoms with Gasteiger partial charge in [0.25, 0.3) is 11.6 Å². The van der Waals surface area contributed by atoms with E-state index in [2.05, 4.69) is 4.98 Å². The first-order valence-electron chi connectivity index (χ1n) is 13.8. The van der Waals surface area contributed by atoms with Gasteiger partial charge in [-0.1, -0.05) is 36.4 Å². The van der Waals surface area contributed by atoms with Crippen molar-refractivity contribution in [1.29, 1.82) is 0 Å². The molecule has 10 heteroatoms. The van der Waals surface area contributed by atoms with Crippen LogP contribution >= 0.6 is 0 Å². The molecule has 42 heavy (non-hydrogen) atoms. The molecule has 0 fully saturated rings. The number of aromatic nitrogens is 1. The second kappa shape index (κ2) is 14.3. The molecule has 1 heterocycles. The number of aromatic amines is 1. The highest BCUT2D eigenvalue weighted by atomic mass is 16.6. The van der Waals surface area contributed by atoms with Crippen LogP contribution < -0.4 is 4.74 Å². The summed E-state index contributed by atoms with van der Waals surface area (Å²) in [5.41, 5.74) is 3.54. The lowest BCUT2D eigenvalue weighted by Gasteiger charge is -2.28. The number of methoxy groups -OCH3 is 2. The van der Waals surface area contributed by atoms with Gasteiger partial charge in [0.1, 0.15) is 12.3 Å². The van der Waals surface area contributed by atoms with Gasteiger partial charge in [0.2, 0.25) is 5.91 Å². The molecule has 2 amide bonds. The highest BCUT2D eigenvalue weighted by Gasteiger charge is 2.24. The first kappa shape index (κ1) is 30.3. The fourth-order valence-electron chi connectivity index (χ4n) is 4.87. The van der Waals surface area contributed by atoms with E-state index in [1.54, 1.807) is 38.2 Å². The van der Waals surface area contributed by atoms with Gasteiger partial charge in [0.15, 0.2) is 0 Å². The Morgan fingerprint density at radius 1 is 0.976 bits per heavy atom. The van der Waals surface area contributed by atoms with Crippen LogP contribution in [0.4, 0.5) is 5.69 Å². The van der Waals surface area contributed by atoms with Gasteiger partial charge in [0, 0.05) is 67.6 Å². The average Bonchev–Trinajstić information content (AvgIpc) is 3.41. The Morgan fingerprint density at radius 2 is 1.74 bits per heavy atom. The molecule has 0 bridgehead atoms. The maximum atomic E-state index is 13.9. The number of nitrogens with zero attached hydrogens (tertiary/aromatic N) is 3. The third-order valence-electron chi connectivity index (χ3n) is 7.25. The number of nitro groups is 1. The predicted octanol–water partition coefficient (Wildman–Crippen LogP) is 5.14. The maximum Gasteiger partial charge on any atom is 0.273 e. The fourth-order valence-corrected chi connectivity index (χ4v) is 4.87. The van der Waals surface area contributed by atoms with Crippen molar-refractivity contribution in [3.05, 3.63) is 105 Å². The molecular weight excluding hydrogens is 536 g/mol. The minimum absolute atomic E-state index is 0.135. The number of rotatable bonds is 14. The summed E-state index contributed by atoms with van der Waals surface area (Å²) in [6.45, 7) is 2.90. The molecule has 0 aliphatic carbocycles. The van der Waals surface area contributed by atoms with E-state index >= 15 is 0 Å². The number of carbonyl (C=O) groups excluding carboxylic acids is 2. The lowest BCUT2D eigenvalue weighted by Crippen LogP contribution is -2.44. The first-order valence-corrected chi connectivity index (χ1v) is 13.8. The summed E-state index contributed by atoms with van der Waals surface area (Å²) < 4.78 is 10.5. The van der Waals surface area contributed by atoms with Gasteiger partial charge in [0.05, 0.1) is 12.0 Å². The van der Waals surface area contributed by atoms with Crippen LogP contribution in [-0.2, 0) is 22.5 Å². The van der Waals surface area contributed by atoms with Gasteiger partial charge in [-0.2, -0.15) is 0 Å². The quantitative estimate of drug-likeness (QED) is 0.127. The number of hydrogen-bond donors (Lipinski definition) is 1. The Bertz CT molecular complexity index is 1530. The molecule has 0 aliphatic rings. The van der Waals surface area contributed by atoms with Crippen LogP contribution in [0.15, 0.2) is 72.9 Å². The summed E-state index contributed by atoms with van der Waals surface area (Å²) in [5, 5.41) is 12.6. The van der Waals surface area contributed by atoms with Crippen molar-refractivity contribution in [3.63, 3.8) is 0 Å². The molecule has 4 rings (SSSR count). The minimum atomic E-state index is -0.506. The van der Waals surface area contributed by atoms with E-state index in [-0.39, 0.29) is 30.2 Å². The molecule has 0 saturated carbocycles. The van der Waals surface area contributed by atoms with Crippen LogP contribution in [0.3, 0.4) is 0 Å². The van der Waals surface area contributed by atoms with E-state index in [9.17, 15) is 19.7 Å². The zero-order valence-corrected chi connectivity index (χ0v) is 24.2. The Labute approximate surface area is 245 Å². The Balaban J connectivity index is 1.58. The zero-order valence-electron chi connectivity index (χ0n) is 24.2. The number of benzene rings is 3. The number of nitrogens with one attached hydrogen (secondary N) is 1. The van der Waals surface area contributed by atoms with E-state index in [0.29, 0.717) is 38.1 Å². The van der Waals surface area contributed by atoms with Crippen molar-refractivity contribution < 1.29 is 24.0 Å².